The summed E-state index contributed by atoms with van der Waals surface area (Å²) in [6, 6.07) is 3.50. The van der Waals surface area contributed by atoms with Crippen LogP contribution in [0.4, 0.5) is 4.39 Å². The topological polar surface area (TPSA) is 43.4 Å². The zero-order chi connectivity index (χ0) is 12.0. The first-order chi connectivity index (χ1) is 7.69. The maximum absolute atomic E-state index is 12.9. The smallest absolute Gasteiger partial charge is 0.339 e. The molecule has 0 radical (unpaired) electrons. The Balaban J connectivity index is 3.16. The highest BCUT2D eigenvalue weighted by molar-refractivity contribution is 5.92. The van der Waals surface area contributed by atoms with Crippen molar-refractivity contribution >= 4 is 12.3 Å². The fraction of sp³-hybridized carbons (Fsp3) is 0.167. The van der Waals surface area contributed by atoms with Gasteiger partial charge in [-0.3, -0.25) is 4.79 Å². The number of benzene rings is 1. The Hall–Kier alpha value is -2.15. The second-order valence-electron chi connectivity index (χ2n) is 2.80. The Morgan fingerprint density at radius 2 is 2.31 bits per heavy atom. The quantitative estimate of drug-likeness (QED) is 0.431. The van der Waals surface area contributed by atoms with Crippen molar-refractivity contribution < 1.29 is 18.7 Å². The number of rotatable bonds is 2. The molecule has 3 nitrogen and oxygen atoms in total. The molecule has 1 aromatic carbocycles. The Bertz CT molecular complexity index is 469. The van der Waals surface area contributed by atoms with Crippen LogP contribution in [-0.4, -0.2) is 18.9 Å². The average Bonchev–Trinajstić information content (AvgIpc) is 2.26. The van der Waals surface area contributed by atoms with E-state index >= 15 is 0 Å². The molecule has 0 unspecified atom stereocenters. The third kappa shape index (κ3) is 2.92. The van der Waals surface area contributed by atoms with Crippen LogP contribution < -0.4 is 0 Å². The monoisotopic (exact) mass is 220 g/mol. The van der Waals surface area contributed by atoms with Gasteiger partial charge in [0.2, 0.25) is 0 Å². The summed E-state index contributed by atoms with van der Waals surface area (Å²) in [5.74, 6) is 3.40. The molecule has 0 heterocycles. The van der Waals surface area contributed by atoms with E-state index in [0.29, 0.717) is 6.29 Å². The van der Waals surface area contributed by atoms with E-state index in [2.05, 4.69) is 11.8 Å². The lowest BCUT2D eigenvalue weighted by atomic mass is 10.1. The highest BCUT2D eigenvalue weighted by atomic mass is 19.1. The van der Waals surface area contributed by atoms with E-state index in [1.54, 1.807) is 6.92 Å². The number of esters is 1. The number of aldehydes is 1. The number of carbonyl (C=O) groups is 2. The first-order valence-electron chi connectivity index (χ1n) is 4.61. The second-order valence-corrected chi connectivity index (χ2v) is 2.80. The summed E-state index contributed by atoms with van der Waals surface area (Å²) in [6.45, 7) is 1.88. The summed E-state index contributed by atoms with van der Waals surface area (Å²) >= 11 is 0. The number of ether oxygens (including phenoxy) is 1. The van der Waals surface area contributed by atoms with Gasteiger partial charge in [0, 0.05) is 5.56 Å². The summed E-state index contributed by atoms with van der Waals surface area (Å²) in [7, 11) is 0. The van der Waals surface area contributed by atoms with Crippen LogP contribution >= 0.6 is 0 Å². The fourth-order valence-corrected chi connectivity index (χ4v) is 1.11. The van der Waals surface area contributed by atoms with Gasteiger partial charge in [0.15, 0.2) is 6.29 Å². The molecule has 0 bridgehead atoms. The van der Waals surface area contributed by atoms with Gasteiger partial charge in [-0.1, -0.05) is 5.92 Å². The number of hydrogen-bond acceptors (Lipinski definition) is 3. The Labute approximate surface area is 92.2 Å². The Kier molecular flexibility index (Phi) is 4.22. The average molecular weight is 220 g/mol. The van der Waals surface area contributed by atoms with Crippen LogP contribution in [0.25, 0.3) is 0 Å². The van der Waals surface area contributed by atoms with Gasteiger partial charge in [-0.2, -0.15) is 0 Å². The number of carbonyl (C=O) groups excluding carboxylic acids is 2. The first-order valence-corrected chi connectivity index (χ1v) is 4.61. The molecule has 0 aliphatic rings. The summed E-state index contributed by atoms with van der Waals surface area (Å²) in [5.41, 5.74) is 0.295. The van der Waals surface area contributed by atoms with E-state index in [0.717, 1.165) is 12.1 Å². The molecule has 0 N–H and O–H groups in total. The maximum Gasteiger partial charge on any atom is 0.339 e. The van der Waals surface area contributed by atoms with E-state index in [9.17, 15) is 14.0 Å². The molecule has 1 aromatic rings. The van der Waals surface area contributed by atoms with Gasteiger partial charge in [-0.15, -0.1) is 0 Å². The zero-order valence-electron chi connectivity index (χ0n) is 8.62. The lowest BCUT2D eigenvalue weighted by molar-refractivity contribution is -0.103. The predicted octanol–water partition coefficient (Wildman–Crippen LogP) is 1.55. The minimum absolute atomic E-state index is 0.144. The first kappa shape index (κ1) is 11.9. The Morgan fingerprint density at radius 3 is 2.94 bits per heavy atom. The van der Waals surface area contributed by atoms with Crippen LogP contribution in [0.3, 0.4) is 0 Å². The van der Waals surface area contributed by atoms with Gasteiger partial charge < -0.3 is 4.74 Å². The van der Waals surface area contributed by atoms with Gasteiger partial charge in [0.1, 0.15) is 5.82 Å². The van der Waals surface area contributed by atoms with E-state index in [-0.39, 0.29) is 17.7 Å². The molecule has 4 heteroatoms. The molecule has 0 saturated carbocycles. The predicted molar refractivity (Wildman–Crippen MR) is 55.3 cm³/mol. The van der Waals surface area contributed by atoms with Crippen molar-refractivity contribution in [3.05, 3.63) is 35.1 Å². The van der Waals surface area contributed by atoms with Crippen molar-refractivity contribution in [3.63, 3.8) is 0 Å². The maximum atomic E-state index is 12.9. The molecular weight excluding hydrogens is 211 g/mol. The summed E-state index contributed by atoms with van der Waals surface area (Å²) < 4.78 is 17.7. The Morgan fingerprint density at radius 1 is 1.56 bits per heavy atom. The SMILES string of the molecule is CCOC(=O)c1ccc(F)cc1C#CC=O. The third-order valence-corrected chi connectivity index (χ3v) is 1.74. The molecular formula is C12H9FO3. The minimum atomic E-state index is -0.585. The van der Waals surface area contributed by atoms with Crippen LogP contribution in [0.5, 0.6) is 0 Å². The van der Waals surface area contributed by atoms with Gasteiger partial charge in [-0.05, 0) is 31.0 Å². The zero-order valence-corrected chi connectivity index (χ0v) is 8.62. The molecule has 0 aliphatic carbocycles. The molecule has 82 valence electrons. The van der Waals surface area contributed by atoms with Crippen LogP contribution in [-0.2, 0) is 9.53 Å². The van der Waals surface area contributed by atoms with Gasteiger partial charge in [0.05, 0.1) is 12.2 Å². The second kappa shape index (κ2) is 5.66. The van der Waals surface area contributed by atoms with Crippen molar-refractivity contribution in [2.24, 2.45) is 0 Å². The van der Waals surface area contributed by atoms with Crippen LogP contribution in [0.15, 0.2) is 18.2 Å². The van der Waals surface area contributed by atoms with Crippen LogP contribution in [0, 0.1) is 17.7 Å². The van der Waals surface area contributed by atoms with E-state index < -0.39 is 11.8 Å². The highest BCUT2D eigenvalue weighted by Gasteiger charge is 2.11. The van der Waals surface area contributed by atoms with Gasteiger partial charge in [-0.25, -0.2) is 9.18 Å². The van der Waals surface area contributed by atoms with Crippen molar-refractivity contribution in [3.8, 4) is 11.8 Å². The molecule has 16 heavy (non-hydrogen) atoms. The summed E-state index contributed by atoms with van der Waals surface area (Å²) in [5, 5.41) is 0. The molecule has 0 saturated heterocycles. The van der Waals surface area contributed by atoms with E-state index in [4.69, 9.17) is 4.74 Å². The van der Waals surface area contributed by atoms with Gasteiger partial charge in [0.25, 0.3) is 0 Å². The number of hydrogen-bond donors (Lipinski definition) is 0. The lowest BCUT2D eigenvalue weighted by Gasteiger charge is -2.03. The largest absolute Gasteiger partial charge is 0.462 e. The fourth-order valence-electron chi connectivity index (χ4n) is 1.11. The lowest BCUT2D eigenvalue weighted by Crippen LogP contribution is -2.07. The van der Waals surface area contributed by atoms with Crippen molar-refractivity contribution in [2.45, 2.75) is 6.92 Å². The molecule has 0 aromatic heterocycles. The third-order valence-electron chi connectivity index (χ3n) is 1.74. The molecule has 0 amide bonds. The van der Waals surface area contributed by atoms with E-state index in [1.807, 2.05) is 0 Å². The minimum Gasteiger partial charge on any atom is -0.462 e. The van der Waals surface area contributed by atoms with Gasteiger partial charge >= 0.3 is 5.97 Å². The molecule has 0 fully saturated rings. The molecule has 0 spiro atoms. The van der Waals surface area contributed by atoms with Crippen molar-refractivity contribution in [2.75, 3.05) is 6.61 Å². The standard InChI is InChI=1S/C12H9FO3/c1-2-16-12(15)11-6-5-10(13)8-9(11)4-3-7-14/h5-8H,2H2,1H3. The molecule has 1 rings (SSSR count). The summed E-state index contributed by atoms with van der Waals surface area (Å²) in [4.78, 5) is 21.5. The van der Waals surface area contributed by atoms with E-state index in [1.165, 1.54) is 6.07 Å². The summed E-state index contributed by atoms with van der Waals surface area (Å²) in [6.07, 6.45) is 0.375. The number of halogens is 1. The molecule has 0 aliphatic heterocycles. The molecule has 0 atom stereocenters. The van der Waals surface area contributed by atoms with Crippen LogP contribution in [0.1, 0.15) is 22.8 Å². The van der Waals surface area contributed by atoms with Crippen molar-refractivity contribution in [1.82, 2.24) is 0 Å². The normalized spacial score (nSPS) is 8.88. The highest BCUT2D eigenvalue weighted by Crippen LogP contribution is 2.11. The van der Waals surface area contributed by atoms with Crippen LogP contribution in [0.2, 0.25) is 0 Å². The van der Waals surface area contributed by atoms with Crippen molar-refractivity contribution in [1.29, 1.82) is 0 Å².